The Balaban J connectivity index is 4.31. The normalized spacial score (nSPS) is 14.3. The lowest BCUT2D eigenvalue weighted by molar-refractivity contribution is -0.139. The highest BCUT2D eigenvalue weighted by Gasteiger charge is 2.22. The maximum Gasteiger partial charge on any atom is 0.326 e. The fraction of sp³-hybridized carbons (Fsp3) is 0.818. The van der Waals surface area contributed by atoms with E-state index < -0.39 is 27.9 Å². The lowest BCUT2D eigenvalue weighted by atomic mass is 10.2. The van der Waals surface area contributed by atoms with E-state index in [2.05, 4.69) is 10.6 Å². The van der Waals surface area contributed by atoms with Gasteiger partial charge in [-0.05, 0) is 19.8 Å². The highest BCUT2D eigenvalue weighted by molar-refractivity contribution is 7.90. The fourth-order valence-corrected chi connectivity index (χ4v) is 2.04. The van der Waals surface area contributed by atoms with Gasteiger partial charge >= 0.3 is 12.0 Å². The molecule has 2 amide bonds. The van der Waals surface area contributed by atoms with Gasteiger partial charge in [0.2, 0.25) is 0 Å². The van der Waals surface area contributed by atoms with Crippen molar-refractivity contribution in [1.29, 1.82) is 0 Å². The average Bonchev–Trinajstić information content (AvgIpc) is 2.30. The second kappa shape index (κ2) is 8.75. The van der Waals surface area contributed by atoms with Crippen molar-refractivity contribution in [3.63, 3.8) is 0 Å². The first-order valence-corrected chi connectivity index (χ1v) is 8.18. The summed E-state index contributed by atoms with van der Waals surface area (Å²) in [4.78, 5) is 22.5. The molecule has 20 heavy (non-hydrogen) atoms. The maximum atomic E-state index is 11.6. The van der Waals surface area contributed by atoms with Crippen LogP contribution in [0, 0.1) is 0 Å². The molecule has 0 aliphatic carbocycles. The van der Waals surface area contributed by atoms with Crippen molar-refractivity contribution in [2.45, 2.75) is 31.8 Å². The van der Waals surface area contributed by atoms with E-state index in [1.54, 1.807) is 14.0 Å². The molecule has 118 valence electrons. The number of sulfone groups is 1. The Hall–Kier alpha value is -1.35. The molecular formula is C11H22N2O6S. The molecule has 0 aliphatic heterocycles. The van der Waals surface area contributed by atoms with Crippen molar-refractivity contribution in [3.8, 4) is 0 Å². The number of carbonyl (C=O) groups is 2. The third-order valence-electron chi connectivity index (χ3n) is 2.51. The molecule has 2 atom stereocenters. The van der Waals surface area contributed by atoms with Gasteiger partial charge in [0.25, 0.3) is 0 Å². The van der Waals surface area contributed by atoms with Crippen molar-refractivity contribution >= 4 is 21.8 Å². The molecule has 2 unspecified atom stereocenters. The maximum absolute atomic E-state index is 11.6. The molecule has 0 aliphatic rings. The summed E-state index contributed by atoms with van der Waals surface area (Å²) in [6.07, 6.45) is 1.43. The number of ether oxygens (including phenoxy) is 1. The fourth-order valence-electron chi connectivity index (χ4n) is 1.38. The quantitative estimate of drug-likeness (QED) is 0.532. The molecule has 0 fully saturated rings. The van der Waals surface area contributed by atoms with Gasteiger partial charge in [-0.3, -0.25) is 0 Å². The van der Waals surface area contributed by atoms with Crippen LogP contribution in [0.15, 0.2) is 0 Å². The number of carboxylic acids is 1. The highest BCUT2D eigenvalue weighted by Crippen LogP contribution is 1.98. The van der Waals surface area contributed by atoms with E-state index in [0.717, 1.165) is 6.26 Å². The predicted octanol–water partition coefficient (Wildman–Crippen LogP) is -0.401. The largest absolute Gasteiger partial charge is 0.480 e. The first kappa shape index (κ1) is 18.7. The van der Waals surface area contributed by atoms with Gasteiger partial charge in [0.1, 0.15) is 15.9 Å². The number of aliphatic carboxylic acids is 1. The molecule has 0 aromatic carbocycles. The van der Waals surface area contributed by atoms with Crippen molar-refractivity contribution in [2.75, 3.05) is 25.7 Å². The van der Waals surface area contributed by atoms with Crippen LogP contribution in [0.4, 0.5) is 4.79 Å². The molecule has 0 aromatic heterocycles. The van der Waals surface area contributed by atoms with E-state index in [-0.39, 0.29) is 18.2 Å². The number of nitrogens with one attached hydrogen (secondary N) is 2. The van der Waals surface area contributed by atoms with Gasteiger partial charge in [0, 0.05) is 26.0 Å². The van der Waals surface area contributed by atoms with Crippen LogP contribution in [0.1, 0.15) is 19.8 Å². The van der Waals surface area contributed by atoms with Crippen LogP contribution < -0.4 is 10.6 Å². The Labute approximate surface area is 118 Å². The number of amides is 2. The minimum Gasteiger partial charge on any atom is -0.480 e. The van der Waals surface area contributed by atoms with Crippen LogP contribution in [0.5, 0.6) is 0 Å². The van der Waals surface area contributed by atoms with E-state index in [1.807, 2.05) is 0 Å². The SMILES string of the molecule is COCCC(C)NC(=O)NC(CCS(C)(=O)=O)C(=O)O. The van der Waals surface area contributed by atoms with Gasteiger partial charge in [-0.1, -0.05) is 0 Å². The summed E-state index contributed by atoms with van der Waals surface area (Å²) in [5.41, 5.74) is 0. The Morgan fingerprint density at radius 3 is 2.30 bits per heavy atom. The molecule has 9 heteroatoms. The monoisotopic (exact) mass is 310 g/mol. The number of carboxylic acid groups (broad SMARTS) is 1. The molecule has 0 bridgehead atoms. The topological polar surface area (TPSA) is 122 Å². The number of rotatable bonds is 9. The standard InChI is InChI=1S/C11H22N2O6S/c1-8(4-6-19-2)12-11(16)13-9(10(14)15)5-7-20(3,17)18/h8-9H,4-7H2,1-3H3,(H,14,15)(H2,12,13,16). The number of carbonyl (C=O) groups excluding carboxylic acids is 1. The van der Waals surface area contributed by atoms with Crippen LogP contribution in [0.25, 0.3) is 0 Å². The Morgan fingerprint density at radius 2 is 1.85 bits per heavy atom. The zero-order valence-corrected chi connectivity index (χ0v) is 12.7. The summed E-state index contributed by atoms with van der Waals surface area (Å²) < 4.78 is 26.9. The van der Waals surface area contributed by atoms with Gasteiger partial charge in [-0.15, -0.1) is 0 Å². The van der Waals surface area contributed by atoms with E-state index in [9.17, 15) is 18.0 Å². The van der Waals surface area contributed by atoms with Crippen LogP contribution in [-0.2, 0) is 19.4 Å². The summed E-state index contributed by atoms with van der Waals surface area (Å²) in [7, 11) is -1.74. The number of hydrogen-bond donors (Lipinski definition) is 3. The van der Waals surface area contributed by atoms with Gasteiger partial charge in [0.15, 0.2) is 0 Å². The second-order valence-electron chi connectivity index (χ2n) is 4.61. The van der Waals surface area contributed by atoms with Crippen molar-refractivity contribution in [2.24, 2.45) is 0 Å². The van der Waals surface area contributed by atoms with Crippen LogP contribution in [0.3, 0.4) is 0 Å². The van der Waals surface area contributed by atoms with Crippen LogP contribution in [0.2, 0.25) is 0 Å². The third kappa shape index (κ3) is 9.56. The smallest absolute Gasteiger partial charge is 0.326 e. The molecule has 8 nitrogen and oxygen atoms in total. The van der Waals surface area contributed by atoms with Crippen molar-refractivity contribution in [1.82, 2.24) is 10.6 Å². The van der Waals surface area contributed by atoms with Gasteiger partial charge in [0.05, 0.1) is 5.75 Å². The molecule has 0 spiro atoms. The van der Waals surface area contributed by atoms with Gasteiger partial charge < -0.3 is 20.5 Å². The molecule has 0 heterocycles. The average molecular weight is 310 g/mol. The molecule has 0 rings (SSSR count). The highest BCUT2D eigenvalue weighted by atomic mass is 32.2. The Bertz CT molecular complexity index is 423. The van der Waals surface area contributed by atoms with E-state index >= 15 is 0 Å². The summed E-state index contributed by atoms with van der Waals surface area (Å²) in [5.74, 6) is -1.57. The Kier molecular flexibility index (Phi) is 8.16. The molecule has 0 radical (unpaired) electrons. The van der Waals surface area contributed by atoms with Crippen LogP contribution >= 0.6 is 0 Å². The first-order valence-electron chi connectivity index (χ1n) is 6.12. The lowest BCUT2D eigenvalue weighted by Gasteiger charge is -2.18. The second-order valence-corrected chi connectivity index (χ2v) is 6.87. The summed E-state index contributed by atoms with van der Waals surface area (Å²) >= 11 is 0. The lowest BCUT2D eigenvalue weighted by Crippen LogP contribution is -2.49. The van der Waals surface area contributed by atoms with Gasteiger partial charge in [-0.25, -0.2) is 18.0 Å². The molecule has 0 aromatic rings. The van der Waals surface area contributed by atoms with E-state index in [0.29, 0.717) is 13.0 Å². The summed E-state index contributed by atoms with van der Waals surface area (Å²) in [5, 5.41) is 13.7. The van der Waals surface area contributed by atoms with Crippen LogP contribution in [-0.4, -0.2) is 63.3 Å². The first-order chi connectivity index (χ1) is 9.15. The summed E-state index contributed by atoms with van der Waals surface area (Å²) in [6, 6.07) is -2.06. The van der Waals surface area contributed by atoms with E-state index in [4.69, 9.17) is 9.84 Å². The third-order valence-corrected chi connectivity index (χ3v) is 3.49. The van der Waals surface area contributed by atoms with Crippen molar-refractivity contribution in [3.05, 3.63) is 0 Å². The molecule has 0 saturated carbocycles. The van der Waals surface area contributed by atoms with E-state index in [1.165, 1.54) is 0 Å². The van der Waals surface area contributed by atoms with Gasteiger partial charge in [-0.2, -0.15) is 0 Å². The Morgan fingerprint density at radius 1 is 1.25 bits per heavy atom. The number of hydrogen-bond acceptors (Lipinski definition) is 5. The molecule has 0 saturated heterocycles. The number of urea groups is 1. The minimum absolute atomic E-state index is 0.173. The minimum atomic E-state index is -3.28. The zero-order chi connectivity index (χ0) is 15.8. The molecular weight excluding hydrogens is 288 g/mol. The summed E-state index contributed by atoms with van der Waals surface area (Å²) in [6.45, 7) is 2.22. The van der Waals surface area contributed by atoms with Crippen molar-refractivity contribution < 1.29 is 27.9 Å². The predicted molar refractivity (Wildman–Crippen MR) is 73.4 cm³/mol. The zero-order valence-electron chi connectivity index (χ0n) is 11.9. The number of methoxy groups -OCH3 is 1. The molecule has 3 N–H and O–H groups in total.